The van der Waals surface area contributed by atoms with Gasteiger partial charge in [0, 0.05) is 49.8 Å². The Labute approximate surface area is 247 Å². The van der Waals surface area contributed by atoms with Gasteiger partial charge in [0.1, 0.15) is 29.7 Å². The van der Waals surface area contributed by atoms with Crippen molar-refractivity contribution in [2.45, 2.75) is 57.5 Å². The molecule has 0 bridgehead atoms. The van der Waals surface area contributed by atoms with E-state index in [0.717, 1.165) is 24.5 Å². The smallest absolute Gasteiger partial charge is 0.254 e. The molecule has 3 aromatic heterocycles. The SMILES string of the molecule is CC(C)c1cnc(N2CCC(n3cc(F)c4c(Nc5ccc(C(=O)N6CCC[C@H]6C(N)=O)cc5F)ncnc43)CC2)nc1. The van der Waals surface area contributed by atoms with Crippen LogP contribution < -0.4 is 16.0 Å². The molecule has 0 saturated carbocycles. The molecule has 2 saturated heterocycles. The van der Waals surface area contributed by atoms with Gasteiger partial charge in [-0.3, -0.25) is 9.59 Å². The number of piperidine rings is 1. The van der Waals surface area contributed by atoms with Crippen molar-refractivity contribution in [3.63, 3.8) is 0 Å². The number of carbonyl (C=O) groups excluding carboxylic acids is 2. The molecule has 0 unspecified atom stereocenters. The van der Waals surface area contributed by atoms with Gasteiger partial charge in [0.25, 0.3) is 5.91 Å². The Morgan fingerprint density at radius 2 is 1.74 bits per heavy atom. The number of primary amides is 1. The number of likely N-dealkylation sites (tertiary alicyclic amines) is 1. The van der Waals surface area contributed by atoms with Gasteiger partial charge in [-0.05, 0) is 55.4 Å². The summed E-state index contributed by atoms with van der Waals surface area (Å²) in [5.74, 6) is -1.13. The number of hydrogen-bond acceptors (Lipinski definition) is 8. The van der Waals surface area contributed by atoms with E-state index < -0.39 is 29.5 Å². The van der Waals surface area contributed by atoms with Gasteiger partial charge in [-0.1, -0.05) is 13.8 Å². The van der Waals surface area contributed by atoms with Crippen LogP contribution in [0.2, 0.25) is 0 Å². The molecular formula is C30H33F2N9O2. The molecule has 1 atom stereocenters. The summed E-state index contributed by atoms with van der Waals surface area (Å²) in [7, 11) is 0. The molecule has 11 nitrogen and oxygen atoms in total. The summed E-state index contributed by atoms with van der Waals surface area (Å²) in [5.41, 5.74) is 7.03. The molecule has 2 amide bonds. The minimum Gasteiger partial charge on any atom is -0.368 e. The number of carbonyl (C=O) groups is 2. The summed E-state index contributed by atoms with van der Waals surface area (Å²) < 4.78 is 32.4. The number of nitrogens with one attached hydrogen (secondary N) is 1. The number of halogens is 2. The van der Waals surface area contributed by atoms with Crippen LogP contribution >= 0.6 is 0 Å². The van der Waals surface area contributed by atoms with Crippen LogP contribution in [0.15, 0.2) is 43.1 Å². The largest absolute Gasteiger partial charge is 0.368 e. The van der Waals surface area contributed by atoms with Gasteiger partial charge in [0.05, 0.1) is 11.1 Å². The summed E-state index contributed by atoms with van der Waals surface area (Å²) in [6.45, 7) is 5.99. The molecule has 13 heteroatoms. The minimum absolute atomic E-state index is 0.00205. The third-order valence-electron chi connectivity index (χ3n) is 8.34. The highest BCUT2D eigenvalue weighted by atomic mass is 19.1. The highest BCUT2D eigenvalue weighted by Crippen LogP contribution is 2.34. The van der Waals surface area contributed by atoms with Crippen LogP contribution in [0.4, 0.5) is 26.2 Å². The van der Waals surface area contributed by atoms with E-state index >= 15 is 8.78 Å². The molecule has 6 rings (SSSR count). The number of nitrogens with two attached hydrogens (primary N) is 1. The molecule has 43 heavy (non-hydrogen) atoms. The first-order valence-corrected chi connectivity index (χ1v) is 14.5. The van der Waals surface area contributed by atoms with Gasteiger partial charge < -0.3 is 25.4 Å². The first kappa shape index (κ1) is 28.4. The third kappa shape index (κ3) is 5.46. The standard InChI is InChI=1S/C30H33F2N9O2/c1-17(2)19-13-34-30(35-14-19)39-10-7-20(8-11-39)41-15-22(32)25-27(36-16-37-28(25)41)38-23-6-5-18(12-21(23)31)29(43)40-9-3-4-24(40)26(33)42/h5-6,12-17,20,24H,3-4,7-11H2,1-2H3,(H2,33,42)(H,36,37,38)/t24-/m0/s1. The minimum atomic E-state index is -0.719. The maximum absolute atomic E-state index is 15.4. The van der Waals surface area contributed by atoms with Crippen molar-refractivity contribution in [2.75, 3.05) is 29.9 Å². The van der Waals surface area contributed by atoms with E-state index in [9.17, 15) is 9.59 Å². The van der Waals surface area contributed by atoms with Crippen LogP contribution in [-0.4, -0.2) is 66.9 Å². The molecular weight excluding hydrogens is 556 g/mol. The summed E-state index contributed by atoms with van der Waals surface area (Å²) in [6, 6.07) is 3.24. The molecule has 3 N–H and O–H groups in total. The Kier molecular flexibility index (Phi) is 7.63. The van der Waals surface area contributed by atoms with Crippen molar-refractivity contribution in [1.29, 1.82) is 0 Å². The Balaban J connectivity index is 1.18. The van der Waals surface area contributed by atoms with Crippen LogP contribution in [0, 0.1) is 11.6 Å². The fourth-order valence-corrected chi connectivity index (χ4v) is 5.90. The van der Waals surface area contributed by atoms with Crippen LogP contribution in [-0.2, 0) is 4.79 Å². The second kappa shape index (κ2) is 11.5. The van der Waals surface area contributed by atoms with E-state index in [1.807, 2.05) is 17.0 Å². The molecule has 224 valence electrons. The summed E-state index contributed by atoms with van der Waals surface area (Å²) in [5, 5.41) is 3.02. The first-order chi connectivity index (χ1) is 20.7. The average molecular weight is 590 g/mol. The lowest BCUT2D eigenvalue weighted by Gasteiger charge is -2.32. The van der Waals surface area contributed by atoms with E-state index in [-0.39, 0.29) is 28.5 Å². The van der Waals surface area contributed by atoms with Crippen LogP contribution in [0.1, 0.15) is 67.4 Å². The number of rotatable bonds is 7. The average Bonchev–Trinajstić information content (AvgIpc) is 3.64. The van der Waals surface area contributed by atoms with Gasteiger partial charge >= 0.3 is 0 Å². The van der Waals surface area contributed by atoms with Crippen molar-refractivity contribution in [1.82, 2.24) is 29.4 Å². The first-order valence-electron chi connectivity index (χ1n) is 14.5. The Morgan fingerprint density at radius 1 is 1.00 bits per heavy atom. The summed E-state index contributed by atoms with van der Waals surface area (Å²) in [6.07, 6.45) is 9.07. The lowest BCUT2D eigenvalue weighted by Crippen LogP contribution is -2.43. The summed E-state index contributed by atoms with van der Waals surface area (Å²) >= 11 is 0. The van der Waals surface area contributed by atoms with E-state index in [2.05, 4.69) is 44.0 Å². The zero-order valence-electron chi connectivity index (χ0n) is 24.0. The number of nitrogens with zero attached hydrogens (tertiary/aromatic N) is 7. The van der Waals surface area contributed by atoms with E-state index in [1.165, 1.54) is 29.6 Å². The molecule has 1 aromatic carbocycles. The quantitative estimate of drug-likeness (QED) is 0.326. The lowest BCUT2D eigenvalue weighted by molar-refractivity contribution is -0.121. The zero-order chi connectivity index (χ0) is 30.2. The Bertz CT molecular complexity index is 1670. The fraction of sp³-hybridized carbons (Fsp3) is 0.400. The maximum atomic E-state index is 15.4. The van der Waals surface area contributed by atoms with E-state index in [0.29, 0.717) is 50.0 Å². The predicted octanol–water partition coefficient (Wildman–Crippen LogP) is 4.30. The second-order valence-corrected chi connectivity index (χ2v) is 11.4. The summed E-state index contributed by atoms with van der Waals surface area (Å²) in [4.78, 5) is 45.7. The van der Waals surface area contributed by atoms with Crippen LogP contribution in [0.5, 0.6) is 0 Å². The number of hydrogen-bond donors (Lipinski definition) is 2. The van der Waals surface area contributed by atoms with Gasteiger partial charge in [-0.15, -0.1) is 0 Å². The fourth-order valence-electron chi connectivity index (χ4n) is 5.90. The molecule has 5 heterocycles. The lowest BCUT2D eigenvalue weighted by atomic mass is 10.1. The number of amides is 2. The van der Waals surface area contributed by atoms with Gasteiger partial charge in [-0.2, -0.15) is 0 Å². The molecule has 2 aliphatic rings. The number of anilines is 3. The highest BCUT2D eigenvalue weighted by molar-refractivity contribution is 5.98. The van der Waals surface area contributed by atoms with Gasteiger partial charge in [0.2, 0.25) is 11.9 Å². The topological polar surface area (TPSA) is 135 Å². The zero-order valence-corrected chi connectivity index (χ0v) is 24.0. The Morgan fingerprint density at radius 3 is 2.42 bits per heavy atom. The van der Waals surface area contributed by atoms with Crippen molar-refractivity contribution in [3.05, 3.63) is 65.9 Å². The highest BCUT2D eigenvalue weighted by Gasteiger charge is 2.33. The number of aromatic nitrogens is 5. The third-order valence-corrected chi connectivity index (χ3v) is 8.34. The van der Waals surface area contributed by atoms with Crippen molar-refractivity contribution in [2.24, 2.45) is 5.73 Å². The van der Waals surface area contributed by atoms with Gasteiger partial charge in [-0.25, -0.2) is 28.7 Å². The number of fused-ring (bicyclic) bond motifs is 1. The normalized spacial score (nSPS) is 17.7. The van der Waals surface area contributed by atoms with E-state index in [1.54, 1.807) is 0 Å². The molecule has 0 aliphatic carbocycles. The van der Waals surface area contributed by atoms with Crippen molar-refractivity contribution < 1.29 is 18.4 Å². The van der Waals surface area contributed by atoms with Crippen LogP contribution in [0.25, 0.3) is 11.0 Å². The predicted molar refractivity (Wildman–Crippen MR) is 157 cm³/mol. The molecule has 0 radical (unpaired) electrons. The van der Waals surface area contributed by atoms with Crippen molar-refractivity contribution >= 4 is 40.3 Å². The second-order valence-electron chi connectivity index (χ2n) is 11.4. The Hall–Kier alpha value is -4.68. The van der Waals surface area contributed by atoms with Crippen molar-refractivity contribution in [3.8, 4) is 0 Å². The molecule has 2 fully saturated rings. The van der Waals surface area contributed by atoms with Crippen LogP contribution in [0.3, 0.4) is 0 Å². The molecule has 2 aliphatic heterocycles. The molecule has 0 spiro atoms. The maximum Gasteiger partial charge on any atom is 0.254 e. The monoisotopic (exact) mass is 589 g/mol. The number of benzene rings is 1. The van der Waals surface area contributed by atoms with Gasteiger partial charge in [0.15, 0.2) is 5.82 Å². The van der Waals surface area contributed by atoms with E-state index in [4.69, 9.17) is 5.73 Å². The molecule has 4 aromatic rings.